The molecule has 2 aromatic carbocycles. The molecule has 7 nitrogen and oxygen atoms in total. The van der Waals surface area contributed by atoms with E-state index in [1.54, 1.807) is 29.8 Å². The van der Waals surface area contributed by atoms with E-state index in [-0.39, 0.29) is 35.2 Å². The summed E-state index contributed by atoms with van der Waals surface area (Å²) < 4.78 is 16.3. The van der Waals surface area contributed by atoms with Crippen molar-refractivity contribution >= 4 is 45.2 Å². The molecule has 0 spiro atoms. The first kappa shape index (κ1) is 23.9. The molecule has 0 saturated heterocycles. The van der Waals surface area contributed by atoms with Crippen LogP contribution in [0.15, 0.2) is 58.2 Å². The lowest BCUT2D eigenvalue weighted by atomic mass is 10.0. The van der Waals surface area contributed by atoms with Gasteiger partial charge in [-0.1, -0.05) is 59.7 Å². The van der Waals surface area contributed by atoms with Crippen LogP contribution >= 0.6 is 27.7 Å². The molecular formula is C22H23BrFN5O2S. The number of carbonyl (C=O) groups is 2. The molecule has 0 fully saturated rings. The second kappa shape index (κ2) is 10.7. The molecule has 1 heterocycles. The number of halogens is 2. The quantitative estimate of drug-likeness (QED) is 0.425. The first-order chi connectivity index (χ1) is 15.3. The molecular weight excluding hydrogens is 497 g/mol. The normalized spacial score (nSPS) is 11.9. The number of thioether (sulfide) groups is 1. The van der Waals surface area contributed by atoms with Crippen LogP contribution in [0.3, 0.4) is 0 Å². The molecule has 0 bridgehead atoms. The third kappa shape index (κ3) is 5.95. The number of rotatable bonds is 8. The minimum atomic E-state index is -0.521. The van der Waals surface area contributed by atoms with Gasteiger partial charge in [0.05, 0.1) is 17.5 Å². The minimum Gasteiger partial charge on any atom is -0.342 e. The third-order valence-corrected chi connectivity index (χ3v) is 6.19. The van der Waals surface area contributed by atoms with Crippen molar-refractivity contribution in [3.8, 4) is 0 Å². The van der Waals surface area contributed by atoms with Crippen molar-refractivity contribution in [3.63, 3.8) is 0 Å². The van der Waals surface area contributed by atoms with E-state index in [1.165, 1.54) is 23.9 Å². The number of carbonyl (C=O) groups excluding carboxylic acids is 2. The zero-order valence-corrected chi connectivity index (χ0v) is 20.2. The van der Waals surface area contributed by atoms with E-state index >= 15 is 0 Å². The molecule has 1 atom stereocenters. The number of nitrogens with zero attached hydrogens (tertiary/aromatic N) is 3. The lowest BCUT2D eigenvalue weighted by Gasteiger charge is -2.21. The summed E-state index contributed by atoms with van der Waals surface area (Å²) in [6.07, 6.45) is 0. The van der Waals surface area contributed by atoms with E-state index in [9.17, 15) is 14.0 Å². The van der Waals surface area contributed by atoms with Crippen LogP contribution in [0.4, 0.5) is 10.1 Å². The Labute approximate surface area is 198 Å². The van der Waals surface area contributed by atoms with E-state index in [0.29, 0.717) is 21.0 Å². The van der Waals surface area contributed by atoms with Gasteiger partial charge in [-0.05, 0) is 36.2 Å². The molecule has 2 amide bonds. The maximum absolute atomic E-state index is 13.9. The number of anilines is 1. The Morgan fingerprint density at radius 3 is 2.53 bits per heavy atom. The zero-order valence-electron chi connectivity index (χ0n) is 17.8. The molecule has 2 N–H and O–H groups in total. The van der Waals surface area contributed by atoms with Crippen LogP contribution in [0.2, 0.25) is 0 Å². The van der Waals surface area contributed by atoms with Crippen molar-refractivity contribution in [3.05, 3.63) is 70.2 Å². The monoisotopic (exact) mass is 519 g/mol. The van der Waals surface area contributed by atoms with Gasteiger partial charge in [0.1, 0.15) is 5.82 Å². The Hall–Kier alpha value is -2.72. The highest BCUT2D eigenvalue weighted by atomic mass is 79.9. The van der Waals surface area contributed by atoms with E-state index < -0.39 is 5.82 Å². The van der Waals surface area contributed by atoms with Gasteiger partial charge in [-0.15, -0.1) is 10.2 Å². The van der Waals surface area contributed by atoms with Gasteiger partial charge in [-0.2, -0.15) is 0 Å². The molecule has 10 heteroatoms. The highest BCUT2D eigenvalue weighted by Gasteiger charge is 2.25. The molecule has 0 aliphatic carbocycles. The fraction of sp³-hybridized carbons (Fsp3) is 0.273. The van der Waals surface area contributed by atoms with Gasteiger partial charge >= 0.3 is 0 Å². The summed E-state index contributed by atoms with van der Waals surface area (Å²) in [5.74, 6) is -0.397. The fourth-order valence-electron chi connectivity index (χ4n) is 2.97. The number of nitrogens with one attached hydrogen (secondary N) is 2. The summed E-state index contributed by atoms with van der Waals surface area (Å²) >= 11 is 4.36. The van der Waals surface area contributed by atoms with Gasteiger partial charge in [0.2, 0.25) is 5.91 Å². The summed E-state index contributed by atoms with van der Waals surface area (Å²) in [5, 5.41) is 14.5. The molecule has 168 valence electrons. The second-order valence-electron chi connectivity index (χ2n) is 7.42. The van der Waals surface area contributed by atoms with Gasteiger partial charge in [-0.25, -0.2) is 4.39 Å². The number of aromatic nitrogens is 3. The van der Waals surface area contributed by atoms with Crippen molar-refractivity contribution < 1.29 is 14.0 Å². The van der Waals surface area contributed by atoms with E-state index in [0.717, 1.165) is 0 Å². The van der Waals surface area contributed by atoms with Crippen molar-refractivity contribution in [2.75, 3.05) is 11.1 Å². The Morgan fingerprint density at radius 1 is 1.16 bits per heavy atom. The van der Waals surface area contributed by atoms with Crippen molar-refractivity contribution in [1.29, 1.82) is 0 Å². The molecule has 0 radical (unpaired) electrons. The Bertz CT molecular complexity index is 1110. The van der Waals surface area contributed by atoms with Crippen molar-refractivity contribution in [2.45, 2.75) is 25.0 Å². The summed E-state index contributed by atoms with van der Waals surface area (Å²) in [4.78, 5) is 24.9. The van der Waals surface area contributed by atoms with E-state index in [2.05, 4.69) is 36.8 Å². The maximum Gasteiger partial charge on any atom is 0.251 e. The SMILES string of the molecule is CC(C)[C@@H](NC(=O)c1ccccc1)c1nnc(SCC(=O)Nc2ccc(Br)cc2F)n1C. The highest BCUT2D eigenvalue weighted by molar-refractivity contribution is 9.10. The largest absolute Gasteiger partial charge is 0.342 e. The standard InChI is InChI=1S/C22H23BrFN5O2S/c1-13(2)19(26-21(31)14-7-5-4-6-8-14)20-27-28-22(29(20)3)32-12-18(30)25-17-10-9-15(23)11-16(17)24/h4-11,13,19H,12H2,1-3H3,(H,25,30)(H,26,31)/t19-/m1/s1. The average molecular weight is 520 g/mol. The summed E-state index contributed by atoms with van der Waals surface area (Å²) in [5.41, 5.74) is 0.674. The first-order valence-electron chi connectivity index (χ1n) is 9.89. The number of hydrogen-bond donors (Lipinski definition) is 2. The molecule has 0 aliphatic heterocycles. The van der Waals surface area contributed by atoms with E-state index in [1.807, 2.05) is 32.0 Å². The van der Waals surface area contributed by atoms with E-state index in [4.69, 9.17) is 0 Å². The van der Waals surface area contributed by atoms with Crippen LogP contribution in [-0.4, -0.2) is 32.3 Å². The van der Waals surface area contributed by atoms with Crippen LogP contribution < -0.4 is 10.6 Å². The predicted octanol–water partition coefficient (Wildman–Crippen LogP) is 4.57. The molecule has 0 saturated carbocycles. The summed E-state index contributed by atoms with van der Waals surface area (Å²) in [7, 11) is 1.79. The first-order valence-corrected chi connectivity index (χ1v) is 11.7. The number of benzene rings is 2. The zero-order chi connectivity index (χ0) is 23.3. The van der Waals surface area contributed by atoms with Gasteiger partial charge in [-0.3, -0.25) is 9.59 Å². The minimum absolute atomic E-state index is 0.0319. The van der Waals surface area contributed by atoms with Crippen molar-refractivity contribution in [2.24, 2.45) is 13.0 Å². The number of hydrogen-bond acceptors (Lipinski definition) is 5. The van der Waals surface area contributed by atoms with Crippen LogP contribution in [0, 0.1) is 11.7 Å². The number of amides is 2. The van der Waals surface area contributed by atoms with Crippen LogP contribution in [-0.2, 0) is 11.8 Å². The van der Waals surface area contributed by atoms with Gasteiger partial charge in [0.15, 0.2) is 11.0 Å². The van der Waals surface area contributed by atoms with Crippen molar-refractivity contribution in [1.82, 2.24) is 20.1 Å². The molecule has 3 rings (SSSR count). The molecule has 0 aliphatic rings. The molecule has 1 aromatic heterocycles. The lowest BCUT2D eigenvalue weighted by molar-refractivity contribution is -0.113. The van der Waals surface area contributed by atoms with Gasteiger partial charge in [0.25, 0.3) is 5.91 Å². The Morgan fingerprint density at radius 2 is 1.88 bits per heavy atom. The smallest absolute Gasteiger partial charge is 0.251 e. The Balaban J connectivity index is 1.66. The van der Waals surface area contributed by atoms with Crippen LogP contribution in [0.25, 0.3) is 0 Å². The van der Waals surface area contributed by atoms with Crippen LogP contribution in [0.1, 0.15) is 36.1 Å². The topological polar surface area (TPSA) is 88.9 Å². The maximum atomic E-state index is 13.9. The Kier molecular flexibility index (Phi) is 8.03. The lowest BCUT2D eigenvalue weighted by Crippen LogP contribution is -2.33. The predicted molar refractivity (Wildman–Crippen MR) is 126 cm³/mol. The third-order valence-electron chi connectivity index (χ3n) is 4.67. The average Bonchev–Trinajstić information content (AvgIpc) is 3.12. The van der Waals surface area contributed by atoms with Gasteiger partial charge in [0, 0.05) is 17.1 Å². The van der Waals surface area contributed by atoms with Crippen LogP contribution in [0.5, 0.6) is 0 Å². The second-order valence-corrected chi connectivity index (χ2v) is 9.28. The highest BCUT2D eigenvalue weighted by Crippen LogP contribution is 2.25. The summed E-state index contributed by atoms with van der Waals surface area (Å²) in [6, 6.07) is 13.0. The molecule has 0 unspecified atom stereocenters. The molecule has 32 heavy (non-hydrogen) atoms. The van der Waals surface area contributed by atoms with Gasteiger partial charge < -0.3 is 15.2 Å². The molecule has 3 aromatic rings. The fourth-order valence-corrected chi connectivity index (χ4v) is 4.02. The summed E-state index contributed by atoms with van der Waals surface area (Å²) in [6.45, 7) is 3.97.